The van der Waals surface area contributed by atoms with E-state index < -0.39 is 15.6 Å². The Morgan fingerprint density at radius 3 is 2.58 bits per heavy atom. The maximum atomic E-state index is 12.2. The van der Waals surface area contributed by atoms with Gasteiger partial charge in [-0.15, -0.1) is 0 Å². The predicted octanol–water partition coefficient (Wildman–Crippen LogP) is 1.16. The first-order chi connectivity index (χ1) is 11.9. The van der Waals surface area contributed by atoms with Crippen molar-refractivity contribution in [3.05, 3.63) is 0 Å². The van der Waals surface area contributed by atoms with Crippen molar-refractivity contribution in [3.63, 3.8) is 0 Å². The Bertz CT molecular complexity index is 629. The van der Waals surface area contributed by atoms with Crippen LogP contribution < -0.4 is 5.14 Å². The molecular formula is C17H31N3O5S. The summed E-state index contributed by atoms with van der Waals surface area (Å²) in [5.74, 6) is -0.0626. The van der Waals surface area contributed by atoms with Crippen LogP contribution >= 0.6 is 0 Å². The van der Waals surface area contributed by atoms with Crippen LogP contribution in [0.1, 0.15) is 46.5 Å². The Hall–Kier alpha value is -1.35. The number of carbonyl (C=O) groups is 2. The molecule has 8 nitrogen and oxygen atoms in total. The Balaban J connectivity index is 1.80. The number of hydrogen-bond acceptors (Lipinski definition) is 5. The molecule has 0 aliphatic carbocycles. The number of amides is 2. The van der Waals surface area contributed by atoms with Crippen molar-refractivity contribution in [1.82, 2.24) is 9.80 Å². The fourth-order valence-corrected chi connectivity index (χ4v) is 4.52. The summed E-state index contributed by atoms with van der Waals surface area (Å²) in [5.41, 5.74) is -0.510. The molecule has 2 N–H and O–H groups in total. The van der Waals surface area contributed by atoms with Gasteiger partial charge in [0.15, 0.2) is 0 Å². The number of piperidine rings is 1. The zero-order chi connectivity index (χ0) is 19.5. The van der Waals surface area contributed by atoms with Crippen LogP contribution in [0.5, 0.6) is 0 Å². The van der Waals surface area contributed by atoms with Crippen LogP contribution in [0.25, 0.3) is 0 Å². The number of primary sulfonamides is 1. The molecule has 2 atom stereocenters. The van der Waals surface area contributed by atoms with Crippen molar-refractivity contribution < 1.29 is 22.7 Å². The molecule has 0 bridgehead atoms. The van der Waals surface area contributed by atoms with Gasteiger partial charge in [0.1, 0.15) is 5.60 Å². The third-order valence-corrected chi connectivity index (χ3v) is 5.68. The van der Waals surface area contributed by atoms with E-state index in [9.17, 15) is 18.0 Å². The van der Waals surface area contributed by atoms with Crippen molar-refractivity contribution >= 4 is 22.0 Å². The third-order valence-electron chi connectivity index (χ3n) is 4.74. The molecule has 2 rings (SSSR count). The van der Waals surface area contributed by atoms with Gasteiger partial charge in [-0.05, 0) is 46.0 Å². The number of sulfonamides is 1. The predicted molar refractivity (Wildman–Crippen MR) is 97.8 cm³/mol. The summed E-state index contributed by atoms with van der Waals surface area (Å²) in [5, 5.41) is 5.08. The molecule has 0 aromatic rings. The molecule has 0 radical (unpaired) electrons. The van der Waals surface area contributed by atoms with E-state index in [0.717, 1.165) is 19.3 Å². The summed E-state index contributed by atoms with van der Waals surface area (Å²) in [4.78, 5) is 27.8. The van der Waals surface area contributed by atoms with E-state index in [1.165, 1.54) is 0 Å². The maximum Gasteiger partial charge on any atom is 0.410 e. The molecule has 2 unspecified atom stereocenters. The van der Waals surface area contributed by atoms with Crippen LogP contribution in [0.15, 0.2) is 0 Å². The summed E-state index contributed by atoms with van der Waals surface area (Å²) < 4.78 is 27.8. The average molecular weight is 390 g/mol. The van der Waals surface area contributed by atoms with E-state index in [-0.39, 0.29) is 30.1 Å². The molecule has 2 heterocycles. The second-order valence-corrected chi connectivity index (χ2v) is 10.1. The molecule has 0 spiro atoms. The highest BCUT2D eigenvalue weighted by Gasteiger charge is 2.33. The number of nitrogens with two attached hydrogens (primary N) is 1. The number of carbonyl (C=O) groups excluding carboxylic acids is 2. The summed E-state index contributed by atoms with van der Waals surface area (Å²) in [7, 11) is -3.56. The number of rotatable bonds is 5. The highest BCUT2D eigenvalue weighted by atomic mass is 32.2. The minimum Gasteiger partial charge on any atom is -0.444 e. The second kappa shape index (κ2) is 8.12. The number of nitrogens with zero attached hydrogens (tertiary/aromatic N) is 2. The Morgan fingerprint density at radius 2 is 1.96 bits per heavy atom. The molecule has 2 amide bonds. The molecule has 2 aliphatic rings. The van der Waals surface area contributed by atoms with Gasteiger partial charge in [-0.2, -0.15) is 0 Å². The lowest BCUT2D eigenvalue weighted by atomic mass is 9.95. The van der Waals surface area contributed by atoms with Gasteiger partial charge in [0.05, 0.1) is 5.75 Å². The monoisotopic (exact) mass is 389 g/mol. The van der Waals surface area contributed by atoms with Crippen molar-refractivity contribution in [2.45, 2.75) is 52.1 Å². The number of hydrogen-bond donors (Lipinski definition) is 1. The normalized spacial score (nSPS) is 24.8. The fraction of sp³-hybridized carbons (Fsp3) is 0.882. The smallest absolute Gasteiger partial charge is 0.410 e. The van der Waals surface area contributed by atoms with Crippen LogP contribution in [0.4, 0.5) is 4.79 Å². The summed E-state index contributed by atoms with van der Waals surface area (Å²) >= 11 is 0. The molecule has 9 heteroatoms. The lowest BCUT2D eigenvalue weighted by Crippen LogP contribution is -2.43. The zero-order valence-electron chi connectivity index (χ0n) is 15.9. The Labute approximate surface area is 156 Å². The van der Waals surface area contributed by atoms with Gasteiger partial charge in [0.25, 0.3) is 0 Å². The van der Waals surface area contributed by atoms with Gasteiger partial charge in [-0.1, -0.05) is 0 Å². The van der Waals surface area contributed by atoms with E-state index in [0.29, 0.717) is 32.1 Å². The first kappa shape index (κ1) is 21.0. The third kappa shape index (κ3) is 6.75. The molecule has 0 saturated carbocycles. The molecular weight excluding hydrogens is 358 g/mol. The van der Waals surface area contributed by atoms with Gasteiger partial charge < -0.3 is 14.5 Å². The highest BCUT2D eigenvalue weighted by Crippen LogP contribution is 2.24. The molecule has 150 valence electrons. The van der Waals surface area contributed by atoms with Gasteiger partial charge in [0, 0.05) is 38.5 Å². The standard InChI is InChI=1S/C17H31N3O5S/c1-17(2,3)25-16(22)20-7-4-5-13(10-20)6-8-19-11-14(9-15(19)21)12-26(18,23)24/h13-14H,4-12H2,1-3H3,(H2,18,23,24). The number of likely N-dealkylation sites (tertiary alicyclic amines) is 2. The minimum absolute atomic E-state index is 0.0153. The molecule has 2 saturated heterocycles. The van der Waals surface area contributed by atoms with Gasteiger partial charge >= 0.3 is 6.09 Å². The quantitative estimate of drug-likeness (QED) is 0.759. The Morgan fingerprint density at radius 1 is 1.27 bits per heavy atom. The highest BCUT2D eigenvalue weighted by molar-refractivity contribution is 7.89. The maximum absolute atomic E-state index is 12.2. The molecule has 2 aliphatic heterocycles. The topological polar surface area (TPSA) is 110 Å². The minimum atomic E-state index is -3.56. The molecule has 26 heavy (non-hydrogen) atoms. The van der Waals surface area contributed by atoms with E-state index >= 15 is 0 Å². The van der Waals surface area contributed by atoms with Crippen LogP contribution in [0.3, 0.4) is 0 Å². The second-order valence-electron chi connectivity index (χ2n) is 8.46. The van der Waals surface area contributed by atoms with Crippen molar-refractivity contribution in [1.29, 1.82) is 0 Å². The van der Waals surface area contributed by atoms with Crippen molar-refractivity contribution in [2.24, 2.45) is 17.0 Å². The van der Waals surface area contributed by atoms with E-state index in [1.807, 2.05) is 20.8 Å². The first-order valence-electron chi connectivity index (χ1n) is 9.19. The van der Waals surface area contributed by atoms with Crippen LogP contribution in [0, 0.1) is 11.8 Å². The summed E-state index contributed by atoms with van der Waals surface area (Å²) in [6.07, 6.45) is 2.69. The van der Waals surface area contributed by atoms with Crippen LogP contribution in [0.2, 0.25) is 0 Å². The van der Waals surface area contributed by atoms with Crippen molar-refractivity contribution in [3.8, 4) is 0 Å². The molecule has 0 aromatic carbocycles. The zero-order valence-corrected chi connectivity index (χ0v) is 16.8. The van der Waals surface area contributed by atoms with Crippen LogP contribution in [-0.2, 0) is 19.6 Å². The lowest BCUT2D eigenvalue weighted by Gasteiger charge is -2.34. The lowest BCUT2D eigenvalue weighted by molar-refractivity contribution is -0.127. The first-order valence-corrected chi connectivity index (χ1v) is 10.9. The number of ether oxygens (including phenoxy) is 1. The van der Waals surface area contributed by atoms with Crippen molar-refractivity contribution in [2.75, 3.05) is 31.9 Å². The SMILES string of the molecule is CC(C)(C)OC(=O)N1CCCC(CCN2CC(CS(N)(=O)=O)CC2=O)C1. The van der Waals surface area contributed by atoms with Gasteiger partial charge in [0.2, 0.25) is 15.9 Å². The summed E-state index contributed by atoms with van der Waals surface area (Å²) in [6.45, 7) is 7.92. The molecule has 0 aromatic heterocycles. The van der Waals surface area contributed by atoms with E-state index in [2.05, 4.69) is 0 Å². The fourth-order valence-electron chi connectivity index (χ4n) is 3.64. The Kier molecular flexibility index (Phi) is 6.55. The van der Waals surface area contributed by atoms with Gasteiger partial charge in [-0.3, -0.25) is 4.79 Å². The summed E-state index contributed by atoms with van der Waals surface area (Å²) in [6, 6.07) is 0. The largest absolute Gasteiger partial charge is 0.444 e. The van der Waals surface area contributed by atoms with Crippen LogP contribution in [-0.4, -0.2) is 67.8 Å². The van der Waals surface area contributed by atoms with E-state index in [4.69, 9.17) is 9.88 Å². The van der Waals surface area contributed by atoms with E-state index in [1.54, 1.807) is 9.80 Å². The molecule has 2 fully saturated rings. The average Bonchev–Trinajstić information content (AvgIpc) is 2.81. The van der Waals surface area contributed by atoms with Gasteiger partial charge in [-0.25, -0.2) is 18.4 Å².